The van der Waals surface area contributed by atoms with Crippen LogP contribution in [0.25, 0.3) is 0 Å². The molecule has 0 saturated carbocycles. The smallest absolute Gasteiger partial charge is 0.242 e. The van der Waals surface area contributed by atoms with Gasteiger partial charge in [0.05, 0.1) is 5.69 Å². The maximum atomic E-state index is 12.2. The van der Waals surface area contributed by atoms with Gasteiger partial charge in [0.25, 0.3) is 0 Å². The van der Waals surface area contributed by atoms with E-state index in [0.717, 1.165) is 9.75 Å². The first-order valence-electron chi connectivity index (χ1n) is 5.48. The van der Waals surface area contributed by atoms with E-state index in [2.05, 4.69) is 20.7 Å². The zero-order chi connectivity index (χ0) is 14.0. The number of nitrogens with one attached hydrogen (secondary N) is 1. The lowest BCUT2D eigenvalue weighted by Crippen LogP contribution is -2.23. The number of aryl methyl sites for hydroxylation is 1. The summed E-state index contributed by atoms with van der Waals surface area (Å²) >= 11 is 4.81. The van der Waals surface area contributed by atoms with Crippen molar-refractivity contribution in [2.45, 2.75) is 18.4 Å². The number of sulfonamides is 1. The summed E-state index contributed by atoms with van der Waals surface area (Å²) in [6, 6.07) is 8.64. The van der Waals surface area contributed by atoms with Gasteiger partial charge >= 0.3 is 0 Å². The van der Waals surface area contributed by atoms with Crippen LogP contribution < -0.4 is 10.5 Å². The predicted molar refractivity (Wildman–Crippen MR) is 81.6 cm³/mol. The molecule has 0 aliphatic heterocycles. The quantitative estimate of drug-likeness (QED) is 0.823. The molecule has 7 heteroatoms. The molecular weight excluding hydrogens is 348 g/mol. The minimum atomic E-state index is -3.60. The number of rotatable bonds is 4. The van der Waals surface area contributed by atoms with E-state index in [1.807, 2.05) is 19.1 Å². The summed E-state index contributed by atoms with van der Waals surface area (Å²) in [6.45, 7) is 2.25. The summed E-state index contributed by atoms with van der Waals surface area (Å²) in [7, 11) is -3.60. The maximum absolute atomic E-state index is 12.2. The lowest BCUT2D eigenvalue weighted by molar-refractivity contribution is 0.582. The molecule has 0 aliphatic carbocycles. The number of hydrogen-bond donors (Lipinski definition) is 2. The number of nitrogen functional groups attached to an aromatic ring is 1. The largest absolute Gasteiger partial charge is 0.398 e. The van der Waals surface area contributed by atoms with Crippen molar-refractivity contribution in [1.29, 1.82) is 0 Å². The second-order valence-electron chi connectivity index (χ2n) is 4.02. The summed E-state index contributed by atoms with van der Waals surface area (Å²) in [5, 5.41) is 0. The van der Waals surface area contributed by atoms with Crippen LogP contribution in [0.5, 0.6) is 0 Å². The fraction of sp³-hybridized carbons (Fsp3) is 0.167. The molecule has 4 nitrogen and oxygen atoms in total. The van der Waals surface area contributed by atoms with Gasteiger partial charge in [0.2, 0.25) is 10.0 Å². The first kappa shape index (κ1) is 14.5. The maximum Gasteiger partial charge on any atom is 0.242 e. The Bertz CT molecular complexity index is 696. The van der Waals surface area contributed by atoms with Crippen LogP contribution in [0, 0.1) is 6.92 Å². The Labute approximate surface area is 124 Å². The molecule has 102 valence electrons. The number of thiophene rings is 1. The summed E-state index contributed by atoms with van der Waals surface area (Å²) in [5.74, 6) is 0. The van der Waals surface area contributed by atoms with E-state index in [1.54, 1.807) is 23.5 Å². The minimum absolute atomic E-state index is 0.0927. The lowest BCUT2D eigenvalue weighted by Gasteiger charge is -2.08. The number of hydrogen-bond acceptors (Lipinski definition) is 4. The van der Waals surface area contributed by atoms with Crippen LogP contribution >= 0.6 is 27.3 Å². The Morgan fingerprint density at radius 3 is 2.68 bits per heavy atom. The molecule has 0 aliphatic rings. The molecule has 0 saturated heterocycles. The number of halogens is 1. The van der Waals surface area contributed by atoms with Crippen LogP contribution in [0.1, 0.15) is 9.75 Å². The van der Waals surface area contributed by atoms with Crippen molar-refractivity contribution in [3.8, 4) is 0 Å². The van der Waals surface area contributed by atoms with Crippen molar-refractivity contribution >= 4 is 43.0 Å². The second-order valence-corrected chi connectivity index (χ2v) is 8.04. The van der Waals surface area contributed by atoms with Crippen LogP contribution in [-0.2, 0) is 16.6 Å². The molecule has 3 N–H and O–H groups in total. The van der Waals surface area contributed by atoms with Crippen molar-refractivity contribution in [2.75, 3.05) is 5.73 Å². The van der Waals surface area contributed by atoms with E-state index in [9.17, 15) is 8.42 Å². The Morgan fingerprint density at radius 2 is 2.05 bits per heavy atom. The normalized spacial score (nSPS) is 11.7. The molecule has 0 atom stereocenters. The van der Waals surface area contributed by atoms with E-state index in [0.29, 0.717) is 4.47 Å². The van der Waals surface area contributed by atoms with Gasteiger partial charge in [-0.1, -0.05) is 15.9 Å². The van der Waals surface area contributed by atoms with E-state index in [-0.39, 0.29) is 17.1 Å². The van der Waals surface area contributed by atoms with E-state index >= 15 is 0 Å². The van der Waals surface area contributed by atoms with Crippen molar-refractivity contribution in [1.82, 2.24) is 4.72 Å². The Balaban J connectivity index is 2.20. The van der Waals surface area contributed by atoms with E-state index in [4.69, 9.17) is 5.73 Å². The standard InChI is InChI=1S/C12H13BrN2O2S2/c1-8-2-4-10(18-8)7-15-19(16,17)12-6-9(13)3-5-11(12)14/h2-6,15H,7,14H2,1H3. The van der Waals surface area contributed by atoms with Crippen molar-refractivity contribution in [2.24, 2.45) is 0 Å². The highest BCUT2D eigenvalue weighted by Crippen LogP contribution is 2.23. The van der Waals surface area contributed by atoms with Crippen molar-refractivity contribution in [3.05, 3.63) is 44.6 Å². The molecule has 2 rings (SSSR count). The summed E-state index contributed by atoms with van der Waals surface area (Å²) in [5.41, 5.74) is 5.95. The molecule has 0 spiro atoms. The third-order valence-electron chi connectivity index (χ3n) is 2.50. The second kappa shape index (κ2) is 5.62. The Hall–Kier alpha value is -0.890. The minimum Gasteiger partial charge on any atom is -0.398 e. The third-order valence-corrected chi connectivity index (χ3v) is 5.45. The van der Waals surface area contributed by atoms with Gasteiger partial charge in [0, 0.05) is 20.8 Å². The number of nitrogens with two attached hydrogens (primary N) is 1. The van der Waals surface area contributed by atoms with Crippen LogP contribution in [0.4, 0.5) is 5.69 Å². The first-order chi connectivity index (χ1) is 8.88. The van der Waals surface area contributed by atoms with Gasteiger partial charge in [-0.15, -0.1) is 11.3 Å². The summed E-state index contributed by atoms with van der Waals surface area (Å²) < 4.78 is 27.6. The van der Waals surface area contributed by atoms with Gasteiger partial charge in [0.1, 0.15) is 4.90 Å². The van der Waals surface area contributed by atoms with E-state index in [1.165, 1.54) is 6.07 Å². The molecule has 1 aromatic carbocycles. The molecule has 0 unspecified atom stereocenters. The van der Waals surface area contributed by atoms with Crippen LogP contribution in [0.3, 0.4) is 0 Å². The highest BCUT2D eigenvalue weighted by atomic mass is 79.9. The van der Waals surface area contributed by atoms with Crippen LogP contribution in [-0.4, -0.2) is 8.42 Å². The van der Waals surface area contributed by atoms with Crippen molar-refractivity contribution < 1.29 is 8.42 Å². The predicted octanol–water partition coefficient (Wildman–Crippen LogP) is 2.88. The van der Waals surface area contributed by atoms with Gasteiger partial charge in [-0.25, -0.2) is 13.1 Å². The molecule has 1 heterocycles. The highest BCUT2D eigenvalue weighted by molar-refractivity contribution is 9.10. The zero-order valence-corrected chi connectivity index (χ0v) is 13.4. The zero-order valence-electron chi connectivity index (χ0n) is 10.2. The van der Waals surface area contributed by atoms with Gasteiger partial charge in [-0.2, -0.15) is 0 Å². The highest BCUT2D eigenvalue weighted by Gasteiger charge is 2.17. The van der Waals surface area contributed by atoms with Crippen LogP contribution in [0.2, 0.25) is 0 Å². The molecule has 0 radical (unpaired) electrons. The molecule has 2 aromatic rings. The molecule has 1 aromatic heterocycles. The average Bonchev–Trinajstić information content (AvgIpc) is 2.76. The fourth-order valence-corrected chi connectivity index (χ4v) is 4.16. The monoisotopic (exact) mass is 360 g/mol. The lowest BCUT2D eigenvalue weighted by atomic mass is 10.3. The molecule has 19 heavy (non-hydrogen) atoms. The third kappa shape index (κ3) is 3.56. The molecule has 0 bridgehead atoms. The summed E-state index contributed by atoms with van der Waals surface area (Å²) in [6.07, 6.45) is 0. The van der Waals surface area contributed by atoms with Gasteiger partial charge in [0.15, 0.2) is 0 Å². The van der Waals surface area contributed by atoms with Gasteiger partial charge in [-0.05, 0) is 37.3 Å². The van der Waals surface area contributed by atoms with Gasteiger partial charge in [-0.3, -0.25) is 0 Å². The Morgan fingerprint density at radius 1 is 1.32 bits per heavy atom. The Kier molecular flexibility index (Phi) is 4.29. The van der Waals surface area contributed by atoms with Crippen LogP contribution in [0.15, 0.2) is 39.7 Å². The SMILES string of the molecule is Cc1ccc(CNS(=O)(=O)c2cc(Br)ccc2N)s1. The fourth-order valence-electron chi connectivity index (χ4n) is 1.56. The first-order valence-corrected chi connectivity index (χ1v) is 8.58. The van der Waals surface area contributed by atoms with E-state index < -0.39 is 10.0 Å². The summed E-state index contributed by atoms with van der Waals surface area (Å²) in [4.78, 5) is 2.21. The average molecular weight is 361 g/mol. The number of anilines is 1. The van der Waals surface area contributed by atoms with Gasteiger partial charge < -0.3 is 5.73 Å². The van der Waals surface area contributed by atoms with Crippen molar-refractivity contribution in [3.63, 3.8) is 0 Å². The number of benzene rings is 1. The molecular formula is C12H13BrN2O2S2. The molecule has 0 fully saturated rings. The molecule has 0 amide bonds. The topological polar surface area (TPSA) is 72.2 Å².